The van der Waals surface area contributed by atoms with Crippen molar-refractivity contribution in [2.24, 2.45) is 11.7 Å². The molecule has 1 aliphatic heterocycles. The van der Waals surface area contributed by atoms with Crippen molar-refractivity contribution < 1.29 is 9.90 Å². The van der Waals surface area contributed by atoms with E-state index in [9.17, 15) is 9.90 Å². The smallest absolute Gasteiger partial charge is 0.246 e. The largest absolute Gasteiger partial charge is 0.383 e. The zero-order chi connectivity index (χ0) is 13.1. The molecule has 0 saturated carbocycles. The molecule has 1 aliphatic rings. The summed E-state index contributed by atoms with van der Waals surface area (Å²) in [5.74, 6) is 0.212. The monoisotopic (exact) mass is 270 g/mol. The third kappa shape index (κ3) is 2.78. The van der Waals surface area contributed by atoms with Crippen LogP contribution in [0.5, 0.6) is 0 Å². The summed E-state index contributed by atoms with van der Waals surface area (Å²) < 4.78 is 4.26. The number of aliphatic hydroxyl groups is 1. The standard InChI is InChI=1S/C11H18N4O2S/c1-2-8-13-11(18-14-8)15-5-3-7(4-6-15)9(16)10(12)17/h7,9,16H,2-6H2,1H3,(H2,12,17). The van der Waals surface area contributed by atoms with Gasteiger partial charge in [0, 0.05) is 31.0 Å². The van der Waals surface area contributed by atoms with E-state index in [0.717, 1.165) is 43.3 Å². The second kappa shape index (κ2) is 5.62. The van der Waals surface area contributed by atoms with Crippen molar-refractivity contribution in [2.75, 3.05) is 18.0 Å². The molecular weight excluding hydrogens is 252 g/mol. The van der Waals surface area contributed by atoms with Crippen LogP contribution in [0.15, 0.2) is 0 Å². The van der Waals surface area contributed by atoms with Crippen LogP contribution < -0.4 is 10.6 Å². The zero-order valence-electron chi connectivity index (χ0n) is 10.4. The van der Waals surface area contributed by atoms with Crippen LogP contribution in [0.3, 0.4) is 0 Å². The molecule has 1 saturated heterocycles. The lowest BCUT2D eigenvalue weighted by atomic mass is 9.91. The second-order valence-electron chi connectivity index (χ2n) is 4.52. The van der Waals surface area contributed by atoms with E-state index in [2.05, 4.69) is 14.3 Å². The van der Waals surface area contributed by atoms with Crippen LogP contribution in [-0.4, -0.2) is 39.6 Å². The maximum absolute atomic E-state index is 10.9. The number of rotatable bonds is 4. The molecule has 1 fully saturated rings. The number of hydrogen-bond donors (Lipinski definition) is 2. The maximum Gasteiger partial charge on any atom is 0.246 e. The van der Waals surface area contributed by atoms with Crippen LogP contribution in [0.25, 0.3) is 0 Å². The van der Waals surface area contributed by atoms with E-state index in [1.54, 1.807) is 0 Å². The first kappa shape index (κ1) is 13.2. The maximum atomic E-state index is 10.9. The fourth-order valence-electron chi connectivity index (χ4n) is 2.16. The van der Waals surface area contributed by atoms with Gasteiger partial charge in [-0.3, -0.25) is 4.79 Å². The van der Waals surface area contributed by atoms with E-state index in [-0.39, 0.29) is 5.92 Å². The van der Waals surface area contributed by atoms with Crippen molar-refractivity contribution in [3.63, 3.8) is 0 Å². The molecule has 3 N–H and O–H groups in total. The molecule has 0 aliphatic carbocycles. The Hall–Kier alpha value is -1.21. The first-order valence-electron chi connectivity index (χ1n) is 6.16. The minimum Gasteiger partial charge on any atom is -0.383 e. The number of aromatic nitrogens is 2. The third-order valence-electron chi connectivity index (χ3n) is 3.32. The summed E-state index contributed by atoms with van der Waals surface area (Å²) in [6.07, 6.45) is 1.33. The Balaban J connectivity index is 1.92. The van der Waals surface area contributed by atoms with Crippen molar-refractivity contribution in [1.82, 2.24) is 9.36 Å². The minimum absolute atomic E-state index is 0.0303. The van der Waals surface area contributed by atoms with Gasteiger partial charge in [0.1, 0.15) is 11.9 Å². The summed E-state index contributed by atoms with van der Waals surface area (Å²) in [6, 6.07) is 0. The number of aliphatic hydroxyl groups excluding tert-OH is 1. The number of aryl methyl sites for hydroxylation is 1. The highest BCUT2D eigenvalue weighted by Gasteiger charge is 2.29. The molecule has 2 heterocycles. The summed E-state index contributed by atoms with van der Waals surface area (Å²) in [4.78, 5) is 17.5. The average Bonchev–Trinajstić information content (AvgIpc) is 2.86. The summed E-state index contributed by atoms with van der Waals surface area (Å²) in [5.41, 5.74) is 5.11. The summed E-state index contributed by atoms with van der Waals surface area (Å²) >= 11 is 1.41. The number of anilines is 1. The van der Waals surface area contributed by atoms with Crippen molar-refractivity contribution in [1.29, 1.82) is 0 Å². The quantitative estimate of drug-likeness (QED) is 0.813. The number of hydrogen-bond acceptors (Lipinski definition) is 6. The molecule has 1 aromatic heterocycles. The molecule has 2 rings (SSSR count). The van der Waals surface area contributed by atoms with E-state index in [4.69, 9.17) is 5.73 Å². The number of nitrogens with zero attached hydrogens (tertiary/aromatic N) is 3. The van der Waals surface area contributed by atoms with Crippen molar-refractivity contribution in [3.05, 3.63) is 5.82 Å². The van der Waals surface area contributed by atoms with Gasteiger partial charge in [-0.15, -0.1) is 0 Å². The molecule has 1 amide bonds. The molecular formula is C11H18N4O2S. The molecule has 0 aromatic carbocycles. The number of carbonyl (C=O) groups excluding carboxylic acids is 1. The van der Waals surface area contributed by atoms with Gasteiger partial charge in [-0.05, 0) is 18.8 Å². The highest BCUT2D eigenvalue weighted by atomic mass is 32.1. The van der Waals surface area contributed by atoms with E-state index in [1.165, 1.54) is 11.5 Å². The van der Waals surface area contributed by atoms with E-state index >= 15 is 0 Å². The van der Waals surface area contributed by atoms with Gasteiger partial charge in [0.15, 0.2) is 0 Å². The van der Waals surface area contributed by atoms with Crippen LogP contribution in [0.4, 0.5) is 5.13 Å². The van der Waals surface area contributed by atoms with Gasteiger partial charge in [0.2, 0.25) is 11.0 Å². The molecule has 0 spiro atoms. The van der Waals surface area contributed by atoms with E-state index in [1.807, 2.05) is 6.92 Å². The van der Waals surface area contributed by atoms with Gasteiger partial charge in [-0.25, -0.2) is 4.98 Å². The molecule has 6 nitrogen and oxygen atoms in total. The van der Waals surface area contributed by atoms with Crippen molar-refractivity contribution >= 4 is 22.6 Å². The van der Waals surface area contributed by atoms with Gasteiger partial charge in [-0.2, -0.15) is 4.37 Å². The molecule has 1 atom stereocenters. The molecule has 0 bridgehead atoms. The van der Waals surface area contributed by atoms with Gasteiger partial charge >= 0.3 is 0 Å². The summed E-state index contributed by atoms with van der Waals surface area (Å²) in [6.45, 7) is 3.60. The highest BCUT2D eigenvalue weighted by molar-refractivity contribution is 7.09. The number of piperidine rings is 1. The molecule has 100 valence electrons. The SMILES string of the molecule is CCc1nsc(N2CCC(C(O)C(N)=O)CC2)n1. The Labute approximate surface area is 110 Å². The number of nitrogens with two attached hydrogens (primary N) is 1. The van der Waals surface area contributed by atoms with E-state index in [0.29, 0.717) is 0 Å². The zero-order valence-corrected chi connectivity index (χ0v) is 11.2. The van der Waals surface area contributed by atoms with Crippen molar-refractivity contribution in [2.45, 2.75) is 32.3 Å². The fraction of sp³-hybridized carbons (Fsp3) is 0.727. The first-order valence-corrected chi connectivity index (χ1v) is 6.94. The normalized spacial score (nSPS) is 18.9. The van der Waals surface area contributed by atoms with Crippen LogP contribution >= 0.6 is 11.5 Å². The topological polar surface area (TPSA) is 92.3 Å². The highest BCUT2D eigenvalue weighted by Crippen LogP contribution is 2.26. The van der Waals surface area contributed by atoms with Gasteiger partial charge in [-0.1, -0.05) is 6.92 Å². The van der Waals surface area contributed by atoms with Crippen LogP contribution in [0, 0.1) is 5.92 Å². The molecule has 1 unspecified atom stereocenters. The minimum atomic E-state index is -1.02. The second-order valence-corrected chi connectivity index (χ2v) is 5.25. The fourth-order valence-corrected chi connectivity index (χ4v) is 2.96. The number of amides is 1. The molecule has 0 radical (unpaired) electrons. The molecule has 7 heteroatoms. The average molecular weight is 270 g/mol. The lowest BCUT2D eigenvalue weighted by Gasteiger charge is -2.32. The van der Waals surface area contributed by atoms with Crippen LogP contribution in [0.1, 0.15) is 25.6 Å². The lowest BCUT2D eigenvalue weighted by molar-refractivity contribution is -0.129. The summed E-state index contributed by atoms with van der Waals surface area (Å²) in [5, 5.41) is 10.6. The summed E-state index contributed by atoms with van der Waals surface area (Å²) in [7, 11) is 0. The van der Waals surface area contributed by atoms with Gasteiger partial charge in [0.25, 0.3) is 0 Å². The number of primary amides is 1. The Kier molecular flexibility index (Phi) is 4.13. The lowest BCUT2D eigenvalue weighted by Crippen LogP contribution is -2.42. The molecule has 1 aromatic rings. The predicted molar refractivity (Wildman–Crippen MR) is 69.4 cm³/mol. The predicted octanol–water partition coefficient (Wildman–Crippen LogP) is 0.163. The Morgan fingerprint density at radius 1 is 1.61 bits per heavy atom. The Morgan fingerprint density at radius 2 is 2.28 bits per heavy atom. The van der Waals surface area contributed by atoms with Crippen LogP contribution in [-0.2, 0) is 11.2 Å². The van der Waals surface area contributed by atoms with Gasteiger partial charge in [0.05, 0.1) is 0 Å². The van der Waals surface area contributed by atoms with Crippen molar-refractivity contribution in [3.8, 4) is 0 Å². The number of carbonyl (C=O) groups is 1. The van der Waals surface area contributed by atoms with E-state index < -0.39 is 12.0 Å². The van der Waals surface area contributed by atoms with Crippen LogP contribution in [0.2, 0.25) is 0 Å². The third-order valence-corrected chi connectivity index (χ3v) is 4.14. The molecule has 18 heavy (non-hydrogen) atoms. The van der Waals surface area contributed by atoms with Gasteiger partial charge < -0.3 is 15.7 Å². The Morgan fingerprint density at radius 3 is 2.78 bits per heavy atom. The first-order chi connectivity index (χ1) is 8.61. The Bertz CT molecular complexity index is 415.